The van der Waals surface area contributed by atoms with Crippen LogP contribution in [0, 0.1) is 6.92 Å². The minimum absolute atomic E-state index is 0.00376. The number of pyridine rings is 1. The lowest BCUT2D eigenvalue weighted by Gasteiger charge is -2.17. The topological polar surface area (TPSA) is 178 Å². The maximum Gasteiger partial charge on any atom is 0.328 e. The predicted octanol–water partition coefficient (Wildman–Crippen LogP) is 0.705. The molecule has 2 aromatic heterocycles. The molecular weight excluding hydrogens is 416 g/mol. The van der Waals surface area contributed by atoms with Crippen molar-refractivity contribution in [3.05, 3.63) is 53.0 Å². The van der Waals surface area contributed by atoms with Crippen molar-refractivity contribution >= 4 is 29.0 Å². The van der Waals surface area contributed by atoms with Crippen molar-refractivity contribution in [3.63, 3.8) is 0 Å². The second-order valence-corrected chi connectivity index (χ2v) is 7.32. The van der Waals surface area contributed by atoms with Crippen molar-refractivity contribution in [3.8, 4) is 5.75 Å². The molecule has 168 valence electrons. The Morgan fingerprint density at radius 1 is 1.22 bits per heavy atom. The third-order valence-corrected chi connectivity index (χ3v) is 4.70. The molecule has 0 unspecified atom stereocenters. The number of aromatic nitrogens is 3. The molecule has 0 bridgehead atoms. The number of rotatable bonds is 8. The maximum atomic E-state index is 12.9. The van der Waals surface area contributed by atoms with Crippen LogP contribution in [0.4, 0.5) is 0 Å². The molecule has 0 aliphatic rings. The zero-order chi connectivity index (χ0) is 23.4. The van der Waals surface area contributed by atoms with Crippen LogP contribution in [0.2, 0.25) is 0 Å². The van der Waals surface area contributed by atoms with E-state index in [1.807, 2.05) is 19.1 Å². The first-order valence-corrected chi connectivity index (χ1v) is 9.77. The Kier molecular flexibility index (Phi) is 6.81. The number of nitrogens with zero attached hydrogens (tertiary/aromatic N) is 3. The van der Waals surface area contributed by atoms with Gasteiger partial charge >= 0.3 is 11.9 Å². The number of aryl methyl sites for hydroxylation is 1. The number of ether oxygens (including phenoxy) is 1. The molecule has 0 aliphatic heterocycles. The molecule has 6 N–H and O–H groups in total. The summed E-state index contributed by atoms with van der Waals surface area (Å²) in [5.41, 5.74) is 14.2. The summed E-state index contributed by atoms with van der Waals surface area (Å²) in [5, 5.41) is 8.75. The third kappa shape index (κ3) is 5.25. The molecule has 11 nitrogen and oxygen atoms in total. The van der Waals surface area contributed by atoms with Crippen LogP contribution in [0.15, 0.2) is 30.3 Å². The second kappa shape index (κ2) is 9.54. The van der Waals surface area contributed by atoms with Crippen LogP contribution in [0.3, 0.4) is 0 Å². The van der Waals surface area contributed by atoms with Gasteiger partial charge in [0.1, 0.15) is 17.6 Å². The van der Waals surface area contributed by atoms with Gasteiger partial charge in [-0.15, -0.1) is 0 Å². The number of benzene rings is 1. The fraction of sp³-hybridized carbons (Fsp3) is 0.286. The Balaban J connectivity index is 1.72. The number of fused-ring (bicyclic) bond motifs is 1. The van der Waals surface area contributed by atoms with Gasteiger partial charge in [0.15, 0.2) is 5.65 Å². The van der Waals surface area contributed by atoms with E-state index < -0.39 is 24.4 Å². The minimum Gasteiger partial charge on any atom is -0.481 e. The van der Waals surface area contributed by atoms with Crippen LogP contribution in [0.25, 0.3) is 11.2 Å². The third-order valence-electron chi connectivity index (χ3n) is 4.70. The van der Waals surface area contributed by atoms with Crippen LogP contribution < -0.4 is 16.2 Å². The van der Waals surface area contributed by atoms with Gasteiger partial charge in [0, 0.05) is 30.4 Å². The number of hydrogen-bond acceptors (Lipinski definition) is 8. The summed E-state index contributed by atoms with van der Waals surface area (Å²) < 4.78 is 5.18. The fourth-order valence-electron chi connectivity index (χ4n) is 3.06. The first-order valence-electron chi connectivity index (χ1n) is 9.77. The monoisotopic (exact) mass is 440 g/mol. The smallest absolute Gasteiger partial charge is 0.328 e. The molecule has 32 heavy (non-hydrogen) atoms. The van der Waals surface area contributed by atoms with Crippen molar-refractivity contribution in [2.75, 3.05) is 7.05 Å². The van der Waals surface area contributed by atoms with Crippen LogP contribution in [-0.2, 0) is 22.7 Å². The van der Waals surface area contributed by atoms with Crippen molar-refractivity contribution in [1.82, 2.24) is 19.9 Å². The fourth-order valence-corrected chi connectivity index (χ4v) is 3.06. The van der Waals surface area contributed by atoms with E-state index in [1.54, 1.807) is 7.05 Å². The first-order chi connectivity index (χ1) is 15.2. The highest BCUT2D eigenvalue weighted by molar-refractivity contribution is 5.94. The Morgan fingerprint density at radius 3 is 2.66 bits per heavy atom. The van der Waals surface area contributed by atoms with E-state index in [2.05, 4.69) is 15.0 Å². The summed E-state index contributed by atoms with van der Waals surface area (Å²) >= 11 is 0. The summed E-state index contributed by atoms with van der Waals surface area (Å²) in [6.45, 7) is 2.10. The lowest BCUT2D eigenvalue weighted by Crippen LogP contribution is -2.36. The van der Waals surface area contributed by atoms with Gasteiger partial charge in [-0.3, -0.25) is 9.59 Å². The van der Waals surface area contributed by atoms with Crippen LogP contribution >= 0.6 is 0 Å². The first kappa shape index (κ1) is 22.8. The molecule has 11 heteroatoms. The molecule has 0 spiro atoms. The van der Waals surface area contributed by atoms with Gasteiger partial charge in [-0.05, 0) is 37.3 Å². The second-order valence-electron chi connectivity index (χ2n) is 7.32. The zero-order valence-corrected chi connectivity index (χ0v) is 17.7. The van der Waals surface area contributed by atoms with Gasteiger partial charge in [0.25, 0.3) is 5.91 Å². The van der Waals surface area contributed by atoms with E-state index in [4.69, 9.17) is 21.3 Å². The standard InChI is InChI=1S/C21H24N6O5/c1-11-3-5-15-19(24-11)26-17(25-15)10-27(2)20(30)12-4-6-16(13(7-12)9-22)32-21(31)14(23)8-18(28)29/h3-7,14H,8-10,22-23H2,1-2H3,(H,28,29)(H,24,25,26)/t14-/m0/s1. The average molecular weight is 440 g/mol. The highest BCUT2D eigenvalue weighted by atomic mass is 16.5. The maximum absolute atomic E-state index is 12.9. The number of nitrogens with one attached hydrogen (secondary N) is 1. The Hall–Kier alpha value is -3.83. The van der Waals surface area contributed by atoms with Crippen molar-refractivity contribution < 1.29 is 24.2 Å². The molecule has 0 aliphatic carbocycles. The highest BCUT2D eigenvalue weighted by Crippen LogP contribution is 2.22. The summed E-state index contributed by atoms with van der Waals surface area (Å²) in [7, 11) is 1.63. The molecule has 3 aromatic rings. The molecule has 0 saturated carbocycles. The van der Waals surface area contributed by atoms with E-state index in [0.29, 0.717) is 22.6 Å². The van der Waals surface area contributed by atoms with Crippen LogP contribution in [-0.4, -0.2) is 55.9 Å². The summed E-state index contributed by atoms with van der Waals surface area (Å²) in [5.74, 6) is -1.69. The van der Waals surface area contributed by atoms with Crippen LogP contribution in [0.1, 0.15) is 33.9 Å². The quantitative estimate of drug-likeness (QED) is 0.290. The Labute approximate surface area is 183 Å². The van der Waals surface area contributed by atoms with Crippen molar-refractivity contribution in [2.24, 2.45) is 11.5 Å². The average Bonchev–Trinajstić information content (AvgIpc) is 3.14. The Morgan fingerprint density at radius 2 is 1.97 bits per heavy atom. The molecule has 2 heterocycles. The molecule has 0 fully saturated rings. The molecule has 0 saturated heterocycles. The lowest BCUT2D eigenvalue weighted by atomic mass is 10.1. The lowest BCUT2D eigenvalue weighted by molar-refractivity contribution is -0.143. The number of imidazole rings is 1. The number of amides is 1. The SMILES string of the molecule is Cc1ccc2[nH]c(CN(C)C(=O)c3ccc(OC(=O)[C@@H](N)CC(=O)O)c(CN)c3)nc2n1. The number of H-pyrrole nitrogens is 1. The number of nitrogens with two attached hydrogens (primary N) is 2. The summed E-state index contributed by atoms with van der Waals surface area (Å²) in [6.07, 6.45) is -0.560. The van der Waals surface area contributed by atoms with Gasteiger partial charge in [-0.1, -0.05) is 0 Å². The predicted molar refractivity (Wildman–Crippen MR) is 115 cm³/mol. The molecule has 3 rings (SSSR count). The minimum atomic E-state index is -1.31. The summed E-state index contributed by atoms with van der Waals surface area (Å²) in [6, 6.07) is 6.89. The molecule has 1 amide bonds. The number of carbonyl (C=O) groups excluding carboxylic acids is 2. The molecular formula is C21H24N6O5. The van der Waals surface area contributed by atoms with Gasteiger partial charge in [-0.2, -0.15) is 0 Å². The number of aromatic amines is 1. The number of carboxylic acid groups (broad SMARTS) is 1. The van der Waals surface area contributed by atoms with Gasteiger partial charge < -0.3 is 31.2 Å². The number of esters is 1. The Bertz CT molecular complexity index is 1170. The van der Waals surface area contributed by atoms with E-state index in [0.717, 1.165) is 11.2 Å². The largest absolute Gasteiger partial charge is 0.481 e. The highest BCUT2D eigenvalue weighted by Gasteiger charge is 2.21. The van der Waals surface area contributed by atoms with Crippen molar-refractivity contribution in [1.29, 1.82) is 0 Å². The molecule has 0 radical (unpaired) electrons. The number of carboxylic acids is 1. The van der Waals surface area contributed by atoms with Crippen molar-refractivity contribution in [2.45, 2.75) is 32.5 Å². The van der Waals surface area contributed by atoms with E-state index >= 15 is 0 Å². The van der Waals surface area contributed by atoms with E-state index in [9.17, 15) is 14.4 Å². The zero-order valence-electron chi connectivity index (χ0n) is 17.7. The molecule has 1 aromatic carbocycles. The van der Waals surface area contributed by atoms with Gasteiger partial charge in [0.05, 0.1) is 18.5 Å². The van der Waals surface area contributed by atoms with Gasteiger partial charge in [-0.25, -0.2) is 14.8 Å². The normalized spacial score (nSPS) is 11.9. The molecule has 1 atom stereocenters. The summed E-state index contributed by atoms with van der Waals surface area (Å²) in [4.78, 5) is 49.0. The van der Waals surface area contributed by atoms with E-state index in [-0.39, 0.29) is 24.7 Å². The number of carbonyl (C=O) groups is 3. The number of hydrogen-bond donors (Lipinski definition) is 4. The van der Waals surface area contributed by atoms with E-state index in [1.165, 1.54) is 23.1 Å². The van der Waals surface area contributed by atoms with Crippen LogP contribution in [0.5, 0.6) is 5.75 Å². The number of aliphatic carboxylic acids is 1. The van der Waals surface area contributed by atoms with Gasteiger partial charge in [0.2, 0.25) is 0 Å².